The van der Waals surface area contributed by atoms with Crippen molar-refractivity contribution in [3.8, 4) is 28.2 Å². The molecular weight excluding hydrogens is 407 g/mol. The molecule has 5 nitrogen and oxygen atoms in total. The van der Waals surface area contributed by atoms with Crippen LogP contribution in [-0.4, -0.2) is 12.3 Å². The van der Waals surface area contributed by atoms with Crippen LogP contribution in [-0.2, 0) is 16.3 Å². The molecule has 3 aromatic rings. The van der Waals surface area contributed by atoms with Gasteiger partial charge in [-0.3, -0.25) is 0 Å². The molecule has 0 atom stereocenters. The lowest BCUT2D eigenvalue weighted by atomic mass is 9.92. The summed E-state index contributed by atoms with van der Waals surface area (Å²) >= 11 is 5.10. The molecule has 0 bridgehead atoms. The van der Waals surface area contributed by atoms with Crippen LogP contribution in [0, 0.1) is 20.8 Å². The van der Waals surface area contributed by atoms with Crippen molar-refractivity contribution in [3.63, 3.8) is 0 Å². The van der Waals surface area contributed by atoms with E-state index in [1.807, 2.05) is 44.2 Å². The molecule has 0 fully saturated rings. The van der Waals surface area contributed by atoms with Gasteiger partial charge in [0.05, 0.1) is 7.11 Å². The second kappa shape index (κ2) is 9.19. The van der Waals surface area contributed by atoms with E-state index in [0.717, 1.165) is 16.7 Å². The Kier molecular flexibility index (Phi) is 6.64. The van der Waals surface area contributed by atoms with Gasteiger partial charge in [-0.15, -0.1) is 0 Å². The van der Waals surface area contributed by atoms with Crippen LogP contribution in [0.2, 0.25) is 0 Å². The molecule has 0 aliphatic carbocycles. The first-order chi connectivity index (χ1) is 14.4. The number of aryl methyl sites for hydroxylation is 2. The molecule has 30 heavy (non-hydrogen) atoms. The van der Waals surface area contributed by atoms with Crippen LogP contribution >= 0.6 is 12.2 Å². The molecule has 0 spiro atoms. The number of thiocarbonyl (C=S) groups is 1. The second-order valence-corrected chi connectivity index (χ2v) is 7.16. The Bertz CT molecular complexity index is 1120. The van der Waals surface area contributed by atoms with Crippen LogP contribution in [0.1, 0.15) is 22.3 Å². The van der Waals surface area contributed by atoms with E-state index in [9.17, 15) is 9.32 Å². The van der Waals surface area contributed by atoms with E-state index < -0.39 is 5.63 Å². The molecule has 0 amide bonds. The molecule has 0 saturated heterocycles. The Balaban J connectivity index is 2.31. The SMILES string of the molecule is COC(=S)Oc1c(C)c(-c2ccccc2)oc(=O)c1-c1c(C)cc(COF)cc1C. The monoisotopic (exact) mass is 428 g/mol. The predicted octanol–water partition coefficient (Wildman–Crippen LogP) is 5.61. The highest BCUT2D eigenvalue weighted by atomic mass is 32.1. The number of hydrogen-bond acceptors (Lipinski definition) is 6. The number of hydrogen-bond donors (Lipinski definition) is 0. The Morgan fingerprint density at radius 3 is 2.27 bits per heavy atom. The minimum atomic E-state index is -0.575. The summed E-state index contributed by atoms with van der Waals surface area (Å²) in [5.74, 6) is 0.647. The minimum absolute atomic E-state index is 0.123. The smallest absolute Gasteiger partial charge is 0.357 e. The quantitative estimate of drug-likeness (QED) is 0.492. The maximum absolute atomic E-state index is 13.2. The van der Waals surface area contributed by atoms with Gasteiger partial charge in [-0.25, -0.2) is 4.79 Å². The summed E-state index contributed by atoms with van der Waals surface area (Å²) in [6.07, 6.45) is 0. The fourth-order valence-corrected chi connectivity index (χ4v) is 3.61. The highest BCUT2D eigenvalue weighted by molar-refractivity contribution is 7.79. The number of rotatable bonds is 5. The van der Waals surface area contributed by atoms with Gasteiger partial charge in [0.15, 0.2) is 5.75 Å². The molecular formula is C23H21FO5S. The summed E-state index contributed by atoms with van der Waals surface area (Å²) in [7, 11) is 1.39. The van der Waals surface area contributed by atoms with Crippen molar-refractivity contribution in [1.82, 2.24) is 0 Å². The molecule has 1 aromatic heterocycles. The third-order valence-electron chi connectivity index (χ3n) is 4.76. The van der Waals surface area contributed by atoms with Gasteiger partial charge in [0.1, 0.15) is 17.9 Å². The van der Waals surface area contributed by atoms with Crippen LogP contribution < -0.4 is 10.4 Å². The van der Waals surface area contributed by atoms with Gasteiger partial charge in [-0.2, -0.15) is 4.94 Å². The molecule has 1 heterocycles. The summed E-state index contributed by atoms with van der Waals surface area (Å²) < 4.78 is 28.8. The largest absolute Gasteiger partial charge is 0.460 e. The van der Waals surface area contributed by atoms with E-state index in [1.165, 1.54) is 7.11 Å². The standard InChI is InChI=1S/C23H21FO5S/c1-13-10-16(12-27-24)11-14(2)18(13)19-21(29-23(30)26-4)15(3)20(28-22(19)25)17-8-6-5-7-9-17/h5-11H,12H2,1-4H3. The number of methoxy groups -OCH3 is 1. The number of halogens is 1. The lowest BCUT2D eigenvalue weighted by molar-refractivity contribution is -0.144. The maximum atomic E-state index is 13.2. The van der Waals surface area contributed by atoms with Crippen molar-refractivity contribution >= 4 is 17.5 Å². The first kappa shape index (κ1) is 21.7. The van der Waals surface area contributed by atoms with Gasteiger partial charge in [-0.05, 0) is 47.6 Å². The van der Waals surface area contributed by atoms with Gasteiger partial charge < -0.3 is 13.9 Å². The maximum Gasteiger partial charge on any atom is 0.357 e. The van der Waals surface area contributed by atoms with Crippen LogP contribution in [0.15, 0.2) is 51.7 Å². The normalized spacial score (nSPS) is 10.7. The zero-order valence-electron chi connectivity index (χ0n) is 17.1. The van der Waals surface area contributed by atoms with Gasteiger partial charge in [0.2, 0.25) is 0 Å². The van der Waals surface area contributed by atoms with Crippen LogP contribution in [0.4, 0.5) is 4.53 Å². The van der Waals surface area contributed by atoms with Crippen molar-refractivity contribution in [2.45, 2.75) is 27.4 Å². The Morgan fingerprint density at radius 1 is 1.07 bits per heavy atom. The molecule has 7 heteroatoms. The average molecular weight is 428 g/mol. The molecule has 0 aliphatic rings. The zero-order valence-corrected chi connectivity index (χ0v) is 17.9. The van der Waals surface area contributed by atoms with Crippen molar-refractivity contribution in [2.24, 2.45) is 0 Å². The molecule has 0 N–H and O–H groups in total. The van der Waals surface area contributed by atoms with E-state index in [1.54, 1.807) is 19.1 Å². The first-order valence-corrected chi connectivity index (χ1v) is 9.61. The predicted molar refractivity (Wildman–Crippen MR) is 116 cm³/mol. The summed E-state index contributed by atoms with van der Waals surface area (Å²) in [4.78, 5) is 16.9. The van der Waals surface area contributed by atoms with E-state index in [2.05, 4.69) is 4.94 Å². The lowest BCUT2D eigenvalue weighted by Crippen LogP contribution is -2.15. The Morgan fingerprint density at radius 2 is 1.70 bits per heavy atom. The molecule has 0 saturated carbocycles. The zero-order chi connectivity index (χ0) is 21.8. The second-order valence-electron chi connectivity index (χ2n) is 6.83. The van der Waals surface area contributed by atoms with Gasteiger partial charge >= 0.3 is 10.9 Å². The topological polar surface area (TPSA) is 57.9 Å². The Labute approximate surface area is 178 Å². The van der Waals surface area contributed by atoms with Gasteiger partial charge in [-0.1, -0.05) is 42.5 Å². The summed E-state index contributed by atoms with van der Waals surface area (Å²) in [5.41, 5.74) is 3.75. The highest BCUT2D eigenvalue weighted by Gasteiger charge is 2.25. The van der Waals surface area contributed by atoms with Crippen molar-refractivity contribution < 1.29 is 23.4 Å². The molecule has 0 radical (unpaired) electrons. The molecule has 0 unspecified atom stereocenters. The number of benzene rings is 2. The van der Waals surface area contributed by atoms with Crippen molar-refractivity contribution in [1.29, 1.82) is 0 Å². The van der Waals surface area contributed by atoms with E-state index in [-0.39, 0.29) is 23.2 Å². The van der Waals surface area contributed by atoms with Crippen LogP contribution in [0.5, 0.6) is 5.75 Å². The Hall–Kier alpha value is -3.03. The van der Waals surface area contributed by atoms with Gasteiger partial charge in [0, 0.05) is 23.3 Å². The summed E-state index contributed by atoms with van der Waals surface area (Å²) in [6, 6.07) is 12.8. The van der Waals surface area contributed by atoms with Crippen LogP contribution in [0.25, 0.3) is 22.5 Å². The highest BCUT2D eigenvalue weighted by Crippen LogP contribution is 2.39. The van der Waals surface area contributed by atoms with Crippen molar-refractivity contribution in [3.05, 3.63) is 75.1 Å². The third-order valence-corrected chi connectivity index (χ3v) is 5.01. The van der Waals surface area contributed by atoms with Gasteiger partial charge in [0.25, 0.3) is 0 Å². The summed E-state index contributed by atoms with van der Waals surface area (Å²) in [5, 5.41) is -0.123. The average Bonchev–Trinajstić information content (AvgIpc) is 2.72. The fourth-order valence-electron chi connectivity index (χ4n) is 3.53. The molecule has 156 valence electrons. The van der Waals surface area contributed by atoms with Crippen molar-refractivity contribution in [2.75, 3.05) is 7.11 Å². The van der Waals surface area contributed by atoms with E-state index >= 15 is 0 Å². The molecule has 3 rings (SSSR count). The van der Waals surface area contributed by atoms with E-state index in [0.29, 0.717) is 22.5 Å². The van der Waals surface area contributed by atoms with E-state index in [4.69, 9.17) is 26.1 Å². The first-order valence-electron chi connectivity index (χ1n) is 9.20. The fraction of sp³-hybridized carbons (Fsp3) is 0.217. The summed E-state index contributed by atoms with van der Waals surface area (Å²) in [6.45, 7) is 5.25. The number of ether oxygens (including phenoxy) is 2. The lowest BCUT2D eigenvalue weighted by Gasteiger charge is -2.18. The third kappa shape index (κ3) is 4.27. The molecule has 2 aromatic carbocycles. The molecule has 0 aliphatic heterocycles. The van der Waals surface area contributed by atoms with Crippen LogP contribution in [0.3, 0.4) is 0 Å². The minimum Gasteiger partial charge on any atom is -0.460 e.